The largest absolute Gasteiger partial charge is 0.490 e. The zero-order valence-electron chi connectivity index (χ0n) is 24.0. The predicted octanol–water partition coefficient (Wildman–Crippen LogP) is 6.48. The Morgan fingerprint density at radius 3 is 2.23 bits per heavy atom. The van der Waals surface area contributed by atoms with E-state index in [-0.39, 0.29) is 30.7 Å². The minimum Gasteiger partial charge on any atom is -0.490 e. The zero-order valence-corrected chi connectivity index (χ0v) is 24.7. The van der Waals surface area contributed by atoms with Crippen LogP contribution in [0.1, 0.15) is 50.8 Å². The van der Waals surface area contributed by atoms with E-state index in [1.165, 1.54) is 0 Å². The van der Waals surface area contributed by atoms with Gasteiger partial charge in [-0.1, -0.05) is 80.0 Å². The Balaban J connectivity index is 1.90. The molecule has 0 heterocycles. The minimum atomic E-state index is -0.691. The molecular weight excluding hydrogens is 524 g/mol. The lowest BCUT2D eigenvalue weighted by Gasteiger charge is -2.32. The molecule has 0 aliphatic heterocycles. The van der Waals surface area contributed by atoms with Crippen LogP contribution in [-0.4, -0.2) is 42.5 Å². The molecule has 0 aliphatic rings. The molecule has 0 saturated heterocycles. The van der Waals surface area contributed by atoms with Crippen LogP contribution in [0.4, 0.5) is 0 Å². The number of amides is 2. The molecule has 0 unspecified atom stereocenters. The van der Waals surface area contributed by atoms with E-state index in [9.17, 15) is 9.59 Å². The second-order valence-electron chi connectivity index (χ2n) is 10.1. The number of nitrogens with zero attached hydrogens (tertiary/aromatic N) is 1. The molecule has 7 heteroatoms. The van der Waals surface area contributed by atoms with Crippen molar-refractivity contribution in [3.63, 3.8) is 0 Å². The number of rotatable bonds is 15. The van der Waals surface area contributed by atoms with Crippen molar-refractivity contribution in [1.29, 1.82) is 0 Å². The van der Waals surface area contributed by atoms with Gasteiger partial charge in [0, 0.05) is 31.0 Å². The molecule has 0 radical (unpaired) electrons. The maximum Gasteiger partial charge on any atom is 0.243 e. The number of benzene rings is 3. The highest BCUT2D eigenvalue weighted by Crippen LogP contribution is 2.29. The van der Waals surface area contributed by atoms with Crippen molar-refractivity contribution in [2.45, 2.75) is 59.5 Å². The Morgan fingerprint density at radius 1 is 0.875 bits per heavy atom. The highest BCUT2D eigenvalue weighted by atomic mass is 35.5. The number of ether oxygens (including phenoxy) is 2. The van der Waals surface area contributed by atoms with Gasteiger partial charge in [-0.3, -0.25) is 9.59 Å². The van der Waals surface area contributed by atoms with E-state index < -0.39 is 6.04 Å². The van der Waals surface area contributed by atoms with E-state index in [0.717, 1.165) is 16.7 Å². The maximum atomic E-state index is 13.9. The number of carbonyl (C=O) groups excluding carboxylic acids is 2. The molecule has 0 bridgehead atoms. The number of halogens is 1. The maximum absolute atomic E-state index is 13.9. The van der Waals surface area contributed by atoms with Crippen LogP contribution < -0.4 is 14.8 Å². The van der Waals surface area contributed by atoms with Crippen LogP contribution in [-0.2, 0) is 29.0 Å². The summed E-state index contributed by atoms with van der Waals surface area (Å²) < 4.78 is 11.5. The molecular formula is C33H41ClN2O4. The third-order valence-corrected chi connectivity index (χ3v) is 6.86. The van der Waals surface area contributed by atoms with E-state index in [1.807, 2.05) is 94.4 Å². The molecule has 3 aromatic rings. The van der Waals surface area contributed by atoms with Gasteiger partial charge in [-0.05, 0) is 61.1 Å². The van der Waals surface area contributed by atoms with Crippen LogP contribution in [0.25, 0.3) is 0 Å². The quantitative estimate of drug-likeness (QED) is 0.229. The number of nitrogens with one attached hydrogen (secondary N) is 1. The van der Waals surface area contributed by atoms with E-state index >= 15 is 0 Å². The first kappa shape index (κ1) is 31.0. The molecule has 3 aromatic carbocycles. The molecule has 0 saturated carbocycles. The van der Waals surface area contributed by atoms with Gasteiger partial charge in [0.05, 0.1) is 13.2 Å². The Bertz CT molecular complexity index is 1230. The lowest BCUT2D eigenvalue weighted by Crippen LogP contribution is -2.51. The third kappa shape index (κ3) is 9.30. The van der Waals surface area contributed by atoms with Crippen LogP contribution in [0.3, 0.4) is 0 Å². The molecule has 2 amide bonds. The fourth-order valence-electron chi connectivity index (χ4n) is 4.43. The first-order chi connectivity index (χ1) is 19.3. The summed E-state index contributed by atoms with van der Waals surface area (Å²) in [5.41, 5.74) is 2.74. The normalized spacial score (nSPS) is 11.7. The summed E-state index contributed by atoms with van der Waals surface area (Å²) in [6.45, 7) is 9.77. The summed E-state index contributed by atoms with van der Waals surface area (Å²) in [6, 6.07) is 22.3. The molecule has 1 atom stereocenters. The van der Waals surface area contributed by atoms with E-state index in [4.69, 9.17) is 21.1 Å². The van der Waals surface area contributed by atoms with Gasteiger partial charge in [-0.15, -0.1) is 0 Å². The fourth-order valence-corrected chi connectivity index (χ4v) is 4.63. The fraction of sp³-hybridized carbons (Fsp3) is 0.394. The van der Waals surface area contributed by atoms with Crippen molar-refractivity contribution < 1.29 is 19.1 Å². The van der Waals surface area contributed by atoms with Crippen molar-refractivity contribution in [3.8, 4) is 11.5 Å². The molecule has 6 nitrogen and oxygen atoms in total. The van der Waals surface area contributed by atoms with Gasteiger partial charge >= 0.3 is 0 Å². The second kappa shape index (κ2) is 15.9. The average Bonchev–Trinajstić information content (AvgIpc) is 2.95. The standard InChI is InChI=1S/C33H41ClN2O4/c1-5-39-30-18-16-26(21-31(30)40-6-2)17-19-32(37)36(23-27-14-10-11-15-28(27)34)29(33(38)35-22-24(3)4)20-25-12-8-7-9-13-25/h7-16,18,21,24,29H,5-6,17,19-20,22-23H2,1-4H3,(H,35,38)/t29-/m1/s1. The second-order valence-corrected chi connectivity index (χ2v) is 10.5. The molecule has 0 spiro atoms. The van der Waals surface area contributed by atoms with Crippen molar-refractivity contribution in [3.05, 3.63) is 94.5 Å². The van der Waals surface area contributed by atoms with Gasteiger partial charge in [0.25, 0.3) is 0 Å². The molecule has 214 valence electrons. The first-order valence-electron chi connectivity index (χ1n) is 14.0. The van der Waals surface area contributed by atoms with Crippen molar-refractivity contribution >= 4 is 23.4 Å². The first-order valence-corrected chi connectivity index (χ1v) is 14.4. The SMILES string of the molecule is CCOc1ccc(CCC(=O)N(Cc2ccccc2Cl)[C@H](Cc2ccccc2)C(=O)NCC(C)C)cc1OCC. The summed E-state index contributed by atoms with van der Waals surface area (Å²) in [4.78, 5) is 29.2. The molecule has 0 aromatic heterocycles. The molecule has 3 rings (SSSR count). The average molecular weight is 565 g/mol. The monoisotopic (exact) mass is 564 g/mol. The highest BCUT2D eigenvalue weighted by Gasteiger charge is 2.30. The summed E-state index contributed by atoms with van der Waals surface area (Å²) in [5.74, 6) is 1.35. The van der Waals surface area contributed by atoms with Gasteiger partial charge in [0.1, 0.15) is 6.04 Å². The van der Waals surface area contributed by atoms with Gasteiger partial charge < -0.3 is 19.7 Å². The highest BCUT2D eigenvalue weighted by molar-refractivity contribution is 6.31. The summed E-state index contributed by atoms with van der Waals surface area (Å²) in [7, 11) is 0. The van der Waals surface area contributed by atoms with Crippen LogP contribution in [0.15, 0.2) is 72.8 Å². The smallest absolute Gasteiger partial charge is 0.243 e. The van der Waals surface area contributed by atoms with Gasteiger partial charge in [0.15, 0.2) is 11.5 Å². The van der Waals surface area contributed by atoms with Crippen LogP contribution in [0.5, 0.6) is 11.5 Å². The number of hydrogen-bond acceptors (Lipinski definition) is 4. The molecule has 40 heavy (non-hydrogen) atoms. The predicted molar refractivity (Wildman–Crippen MR) is 161 cm³/mol. The Labute approximate surface area is 243 Å². The third-order valence-electron chi connectivity index (χ3n) is 6.49. The topological polar surface area (TPSA) is 67.9 Å². The number of carbonyl (C=O) groups is 2. The molecule has 1 N–H and O–H groups in total. The Morgan fingerprint density at radius 2 is 1.55 bits per heavy atom. The van der Waals surface area contributed by atoms with E-state index in [1.54, 1.807) is 11.0 Å². The van der Waals surface area contributed by atoms with Gasteiger partial charge in [-0.25, -0.2) is 0 Å². The summed E-state index contributed by atoms with van der Waals surface area (Å²) >= 11 is 6.52. The summed E-state index contributed by atoms with van der Waals surface area (Å²) in [5, 5.41) is 3.62. The van der Waals surface area contributed by atoms with Crippen molar-refractivity contribution in [1.82, 2.24) is 10.2 Å². The van der Waals surface area contributed by atoms with Crippen molar-refractivity contribution in [2.75, 3.05) is 19.8 Å². The Hall–Kier alpha value is -3.51. The molecule has 0 fully saturated rings. The van der Waals surface area contributed by atoms with E-state index in [0.29, 0.717) is 49.1 Å². The van der Waals surface area contributed by atoms with Crippen molar-refractivity contribution in [2.24, 2.45) is 5.92 Å². The van der Waals surface area contributed by atoms with Gasteiger partial charge in [-0.2, -0.15) is 0 Å². The number of hydrogen-bond donors (Lipinski definition) is 1. The Kier molecular flexibility index (Phi) is 12.4. The summed E-state index contributed by atoms with van der Waals surface area (Å²) in [6.07, 6.45) is 1.13. The minimum absolute atomic E-state index is 0.118. The van der Waals surface area contributed by atoms with Crippen LogP contribution in [0.2, 0.25) is 5.02 Å². The van der Waals surface area contributed by atoms with Crippen LogP contribution >= 0.6 is 11.6 Å². The van der Waals surface area contributed by atoms with E-state index in [2.05, 4.69) is 5.32 Å². The number of aryl methyl sites for hydroxylation is 1. The molecule has 0 aliphatic carbocycles. The van der Waals surface area contributed by atoms with Gasteiger partial charge in [0.2, 0.25) is 11.8 Å². The zero-order chi connectivity index (χ0) is 28.9. The lowest BCUT2D eigenvalue weighted by molar-refractivity contribution is -0.141. The van der Waals surface area contributed by atoms with Crippen LogP contribution in [0, 0.1) is 5.92 Å². The lowest BCUT2D eigenvalue weighted by atomic mass is 10.0.